The van der Waals surface area contributed by atoms with Crippen molar-refractivity contribution in [1.29, 1.82) is 5.26 Å². The van der Waals surface area contributed by atoms with Gasteiger partial charge in [-0.25, -0.2) is 22.8 Å². The number of benzene rings is 2. The van der Waals surface area contributed by atoms with Gasteiger partial charge in [-0.3, -0.25) is 0 Å². The maximum atomic E-state index is 13.6. The lowest BCUT2D eigenvalue weighted by Crippen LogP contribution is -2.43. The van der Waals surface area contributed by atoms with Gasteiger partial charge in [-0.2, -0.15) is 31.9 Å². The predicted octanol–water partition coefficient (Wildman–Crippen LogP) is 4.93. The van der Waals surface area contributed by atoms with Crippen LogP contribution in [0.3, 0.4) is 0 Å². The molecule has 0 unspecified atom stereocenters. The molecule has 1 N–H and O–H groups in total. The van der Waals surface area contributed by atoms with Crippen LogP contribution < -0.4 is 9.46 Å². The SMILES string of the molecule is C[C@H](NS(=O)(=O)c1cnc(-c2c(C#N)c3ccc(OC(F)F)cc3n2-c2ccc(F)cc2)nc1)C(F)(F)F. The second kappa shape index (κ2) is 9.95. The van der Waals surface area contributed by atoms with Crippen molar-refractivity contribution in [2.75, 3.05) is 0 Å². The van der Waals surface area contributed by atoms with E-state index >= 15 is 0 Å². The molecule has 4 rings (SSSR count). The van der Waals surface area contributed by atoms with E-state index in [9.17, 15) is 40.0 Å². The minimum Gasteiger partial charge on any atom is -0.435 e. The van der Waals surface area contributed by atoms with Crippen molar-refractivity contribution in [1.82, 2.24) is 19.3 Å². The number of rotatable bonds is 7. The minimum absolute atomic E-state index is 0.0103. The van der Waals surface area contributed by atoms with Gasteiger partial charge in [-0.15, -0.1) is 0 Å². The molecule has 2 aromatic heterocycles. The molecule has 0 radical (unpaired) electrons. The summed E-state index contributed by atoms with van der Waals surface area (Å²) >= 11 is 0. The molecule has 0 aliphatic rings. The van der Waals surface area contributed by atoms with Gasteiger partial charge in [0.15, 0.2) is 5.82 Å². The molecule has 8 nitrogen and oxygen atoms in total. The summed E-state index contributed by atoms with van der Waals surface area (Å²) in [5.41, 5.74) is 0.404. The van der Waals surface area contributed by atoms with Crippen LogP contribution in [0.2, 0.25) is 0 Å². The first kappa shape index (κ1) is 26.9. The van der Waals surface area contributed by atoms with E-state index in [4.69, 9.17) is 0 Å². The summed E-state index contributed by atoms with van der Waals surface area (Å²) in [4.78, 5) is 7.24. The Kier molecular flexibility index (Phi) is 7.04. The molecule has 0 saturated heterocycles. The molecule has 2 heterocycles. The maximum Gasteiger partial charge on any atom is 0.404 e. The van der Waals surface area contributed by atoms with Gasteiger partial charge in [-0.1, -0.05) is 0 Å². The number of aromatic nitrogens is 3. The molecule has 0 saturated carbocycles. The molecular formula is C23H15F6N5O3S. The fourth-order valence-corrected chi connectivity index (χ4v) is 4.69. The highest BCUT2D eigenvalue weighted by molar-refractivity contribution is 7.89. The number of hydrogen-bond donors (Lipinski definition) is 1. The lowest BCUT2D eigenvalue weighted by molar-refractivity contribution is -0.147. The normalized spacial score (nSPS) is 13.0. The van der Waals surface area contributed by atoms with Gasteiger partial charge in [-0.05, 0) is 43.3 Å². The second-order valence-corrected chi connectivity index (χ2v) is 9.55. The average molecular weight is 555 g/mol. The third-order valence-electron chi connectivity index (χ3n) is 5.33. The standard InChI is InChI=1S/C23H15F6N5O3S/c1-12(23(27,28)29)33-38(35,36)16-10-31-21(32-11-16)20-18(9-30)17-7-6-15(37-22(25)26)8-19(17)34(20)14-4-2-13(24)3-5-14/h2-8,10-12,22,33H,1H3/t12-/m0/s1. The molecule has 1 atom stereocenters. The fraction of sp³-hybridized carbons (Fsp3) is 0.174. The summed E-state index contributed by atoms with van der Waals surface area (Å²) in [5, 5.41) is 10.2. The van der Waals surface area contributed by atoms with Gasteiger partial charge in [0.25, 0.3) is 0 Å². The largest absolute Gasteiger partial charge is 0.435 e. The predicted molar refractivity (Wildman–Crippen MR) is 121 cm³/mol. The van der Waals surface area contributed by atoms with E-state index in [1.807, 2.05) is 6.07 Å². The number of halogens is 6. The molecule has 2 aromatic carbocycles. The van der Waals surface area contributed by atoms with Crippen LogP contribution in [0.5, 0.6) is 5.75 Å². The van der Waals surface area contributed by atoms with Crippen LogP contribution in [0.1, 0.15) is 12.5 Å². The van der Waals surface area contributed by atoms with Gasteiger partial charge in [0.2, 0.25) is 10.0 Å². The molecule has 0 amide bonds. The fourth-order valence-electron chi connectivity index (χ4n) is 3.57. The van der Waals surface area contributed by atoms with Gasteiger partial charge in [0, 0.05) is 17.1 Å². The van der Waals surface area contributed by atoms with E-state index in [1.54, 1.807) is 0 Å². The first-order chi connectivity index (χ1) is 17.8. The number of nitrogens with zero attached hydrogens (tertiary/aromatic N) is 4. The first-order valence-corrected chi connectivity index (χ1v) is 12.0. The highest BCUT2D eigenvalue weighted by Gasteiger charge is 2.39. The molecule has 0 spiro atoms. The van der Waals surface area contributed by atoms with Crippen molar-refractivity contribution in [3.05, 3.63) is 66.2 Å². The maximum absolute atomic E-state index is 13.6. The van der Waals surface area contributed by atoms with E-state index in [1.165, 1.54) is 39.6 Å². The summed E-state index contributed by atoms with van der Waals surface area (Å²) in [6, 6.07) is 8.24. The number of nitriles is 1. The zero-order valence-electron chi connectivity index (χ0n) is 19.0. The number of nitrogens with one attached hydrogen (secondary N) is 1. The molecule has 198 valence electrons. The van der Waals surface area contributed by atoms with Gasteiger partial charge >= 0.3 is 12.8 Å². The average Bonchev–Trinajstić information content (AvgIpc) is 3.17. The Labute approximate surface area is 211 Å². The summed E-state index contributed by atoms with van der Waals surface area (Å²) in [5.74, 6) is -1.04. The van der Waals surface area contributed by atoms with Gasteiger partial charge in [0.1, 0.15) is 34.3 Å². The van der Waals surface area contributed by atoms with E-state index in [-0.39, 0.29) is 39.4 Å². The van der Waals surface area contributed by atoms with E-state index in [0.717, 1.165) is 24.5 Å². The van der Waals surface area contributed by atoms with E-state index in [0.29, 0.717) is 6.92 Å². The van der Waals surface area contributed by atoms with Crippen molar-refractivity contribution in [2.45, 2.75) is 30.6 Å². The number of ether oxygens (including phenoxy) is 1. The van der Waals surface area contributed by atoms with Crippen molar-refractivity contribution in [3.63, 3.8) is 0 Å². The monoisotopic (exact) mass is 555 g/mol. The third-order valence-corrected chi connectivity index (χ3v) is 6.83. The highest BCUT2D eigenvalue weighted by atomic mass is 32.2. The molecule has 0 fully saturated rings. The number of sulfonamides is 1. The summed E-state index contributed by atoms with van der Waals surface area (Å²) in [6.07, 6.45) is -3.32. The zero-order chi connectivity index (χ0) is 27.8. The van der Waals surface area contributed by atoms with Gasteiger partial charge < -0.3 is 9.30 Å². The highest BCUT2D eigenvalue weighted by Crippen LogP contribution is 2.37. The van der Waals surface area contributed by atoms with Crippen molar-refractivity contribution in [2.24, 2.45) is 0 Å². The van der Waals surface area contributed by atoms with Crippen LogP contribution in [0.15, 0.2) is 59.8 Å². The number of alkyl halides is 5. The summed E-state index contributed by atoms with van der Waals surface area (Å²) < 4.78 is 110. The van der Waals surface area contributed by atoms with Crippen LogP contribution in [0.25, 0.3) is 28.1 Å². The Balaban J connectivity index is 1.90. The molecular weight excluding hydrogens is 540 g/mol. The Hall–Kier alpha value is -4.16. The Bertz CT molecular complexity index is 1630. The quantitative estimate of drug-likeness (QED) is 0.324. The molecule has 0 aliphatic carbocycles. The number of hydrogen-bond acceptors (Lipinski definition) is 6. The Morgan fingerprint density at radius 2 is 1.71 bits per heavy atom. The molecule has 0 aliphatic heterocycles. The minimum atomic E-state index is -4.83. The molecule has 4 aromatic rings. The first-order valence-electron chi connectivity index (χ1n) is 10.5. The Morgan fingerprint density at radius 3 is 2.26 bits per heavy atom. The van der Waals surface area contributed by atoms with Crippen LogP contribution >= 0.6 is 0 Å². The van der Waals surface area contributed by atoms with Gasteiger partial charge in [0.05, 0.1) is 23.5 Å². The van der Waals surface area contributed by atoms with E-state index < -0.39 is 39.6 Å². The molecule has 0 bridgehead atoms. The topological polar surface area (TPSA) is 110 Å². The van der Waals surface area contributed by atoms with Crippen LogP contribution in [-0.4, -0.2) is 41.8 Å². The Morgan fingerprint density at radius 1 is 1.08 bits per heavy atom. The molecule has 38 heavy (non-hydrogen) atoms. The smallest absolute Gasteiger partial charge is 0.404 e. The van der Waals surface area contributed by atoms with Crippen LogP contribution in [0, 0.1) is 17.1 Å². The zero-order valence-corrected chi connectivity index (χ0v) is 19.9. The van der Waals surface area contributed by atoms with Crippen molar-refractivity contribution in [3.8, 4) is 29.0 Å². The van der Waals surface area contributed by atoms with Crippen molar-refractivity contribution >= 4 is 20.9 Å². The van der Waals surface area contributed by atoms with E-state index in [2.05, 4.69) is 14.7 Å². The number of fused-ring (bicyclic) bond motifs is 1. The second-order valence-electron chi connectivity index (χ2n) is 7.83. The lowest BCUT2D eigenvalue weighted by atomic mass is 10.1. The van der Waals surface area contributed by atoms with Crippen LogP contribution in [0.4, 0.5) is 26.3 Å². The van der Waals surface area contributed by atoms with Crippen molar-refractivity contribution < 1.29 is 39.5 Å². The third kappa shape index (κ3) is 5.27. The molecule has 15 heteroatoms. The summed E-state index contributed by atoms with van der Waals surface area (Å²) in [6.45, 7) is -2.51. The summed E-state index contributed by atoms with van der Waals surface area (Å²) in [7, 11) is -4.66. The lowest BCUT2D eigenvalue weighted by Gasteiger charge is -2.17. The van der Waals surface area contributed by atoms with Crippen LogP contribution in [-0.2, 0) is 10.0 Å².